The molecule has 0 saturated heterocycles. The Morgan fingerprint density at radius 3 is 2.96 bits per heavy atom. The lowest BCUT2D eigenvalue weighted by atomic mass is 9.92. The molecule has 1 unspecified atom stereocenters. The highest BCUT2D eigenvalue weighted by molar-refractivity contribution is 6.04. The molecule has 7 heteroatoms. The van der Waals surface area contributed by atoms with E-state index < -0.39 is 11.5 Å². The molecule has 1 aromatic heterocycles. The first-order valence-electron chi connectivity index (χ1n) is 8.44. The molecule has 1 atom stereocenters. The van der Waals surface area contributed by atoms with Gasteiger partial charge >= 0.3 is 0 Å². The van der Waals surface area contributed by atoms with Crippen molar-refractivity contribution in [2.45, 2.75) is 30.8 Å². The van der Waals surface area contributed by atoms with Gasteiger partial charge in [0, 0.05) is 42.9 Å². The largest absolute Gasteiger partial charge is 0.375 e. The molecule has 25 heavy (non-hydrogen) atoms. The van der Waals surface area contributed by atoms with Crippen LogP contribution >= 0.6 is 0 Å². The van der Waals surface area contributed by atoms with Crippen LogP contribution in [-0.4, -0.2) is 33.2 Å². The maximum Gasteiger partial charge on any atom is 0.271 e. The zero-order valence-electron chi connectivity index (χ0n) is 14.0. The molecule has 0 bridgehead atoms. The Kier molecular flexibility index (Phi) is 3.61. The van der Waals surface area contributed by atoms with Gasteiger partial charge in [-0.3, -0.25) is 14.3 Å². The number of nitrogens with one attached hydrogen (secondary N) is 2. The fraction of sp³-hybridized carbons (Fsp3) is 0.389. The normalized spacial score (nSPS) is 21.8. The maximum absolute atomic E-state index is 12.3. The second kappa shape index (κ2) is 5.70. The van der Waals surface area contributed by atoms with Gasteiger partial charge in [0.2, 0.25) is 0 Å². The summed E-state index contributed by atoms with van der Waals surface area (Å²) in [5.74, 6) is -0.243. The van der Waals surface area contributed by atoms with E-state index in [0.29, 0.717) is 22.9 Å². The Morgan fingerprint density at radius 2 is 2.20 bits per heavy atom. The monoisotopic (exact) mass is 340 g/mol. The van der Waals surface area contributed by atoms with Gasteiger partial charge in [0.15, 0.2) is 5.60 Å². The smallest absolute Gasteiger partial charge is 0.271 e. The van der Waals surface area contributed by atoms with Gasteiger partial charge in [0.1, 0.15) is 5.69 Å². The molecule has 1 aromatic carbocycles. The van der Waals surface area contributed by atoms with Crippen LogP contribution in [0.2, 0.25) is 0 Å². The number of nitrogens with zero attached hydrogens (tertiary/aromatic N) is 2. The Morgan fingerprint density at radius 1 is 1.44 bits per heavy atom. The molecule has 7 nitrogen and oxygen atoms in total. The van der Waals surface area contributed by atoms with Gasteiger partial charge in [-0.2, -0.15) is 5.10 Å². The number of hydrogen-bond donors (Lipinski definition) is 3. The van der Waals surface area contributed by atoms with E-state index in [2.05, 4.69) is 15.7 Å². The van der Waals surface area contributed by atoms with Gasteiger partial charge in [0.05, 0.1) is 0 Å². The van der Waals surface area contributed by atoms with E-state index in [0.717, 1.165) is 18.5 Å². The Bertz CT molecular complexity index is 856. The molecule has 1 aliphatic carbocycles. The molecule has 1 aliphatic heterocycles. The lowest BCUT2D eigenvalue weighted by Gasteiger charge is -2.20. The van der Waals surface area contributed by atoms with Crippen molar-refractivity contribution in [2.24, 2.45) is 7.05 Å². The number of carbonyl (C=O) groups is 2. The van der Waals surface area contributed by atoms with E-state index in [-0.39, 0.29) is 18.9 Å². The average molecular weight is 340 g/mol. The zero-order chi connectivity index (χ0) is 17.6. The summed E-state index contributed by atoms with van der Waals surface area (Å²) in [7, 11) is 1.84. The van der Waals surface area contributed by atoms with E-state index >= 15 is 0 Å². The van der Waals surface area contributed by atoms with Crippen LogP contribution < -0.4 is 10.6 Å². The van der Waals surface area contributed by atoms with Crippen LogP contribution in [0.15, 0.2) is 30.3 Å². The van der Waals surface area contributed by atoms with Gasteiger partial charge in [0.25, 0.3) is 11.8 Å². The summed E-state index contributed by atoms with van der Waals surface area (Å²) in [6.07, 6.45) is 2.38. The number of amides is 2. The molecule has 2 amide bonds. The molecule has 2 aromatic rings. The van der Waals surface area contributed by atoms with E-state index in [9.17, 15) is 14.7 Å². The summed E-state index contributed by atoms with van der Waals surface area (Å²) in [6, 6.07) is 8.85. The summed E-state index contributed by atoms with van der Waals surface area (Å²) in [5.41, 5.74) is 0.983. The number of anilines is 1. The zero-order valence-corrected chi connectivity index (χ0v) is 14.0. The summed E-state index contributed by atoms with van der Waals surface area (Å²) < 4.78 is 1.75. The van der Waals surface area contributed by atoms with E-state index in [1.165, 1.54) is 0 Å². The van der Waals surface area contributed by atoms with Crippen molar-refractivity contribution in [1.82, 2.24) is 15.1 Å². The van der Waals surface area contributed by atoms with Gasteiger partial charge in [-0.15, -0.1) is 0 Å². The van der Waals surface area contributed by atoms with E-state index in [1.54, 1.807) is 28.9 Å². The van der Waals surface area contributed by atoms with Crippen LogP contribution in [0.3, 0.4) is 0 Å². The predicted octanol–water partition coefficient (Wildman–Crippen LogP) is 1.26. The molecule has 4 rings (SSSR count). The second-order valence-corrected chi connectivity index (χ2v) is 6.72. The van der Waals surface area contributed by atoms with Crippen LogP contribution in [0, 0.1) is 0 Å². The first kappa shape index (κ1) is 15.8. The predicted molar refractivity (Wildman–Crippen MR) is 91.1 cm³/mol. The molecule has 2 heterocycles. The third-order valence-corrected chi connectivity index (χ3v) is 4.91. The van der Waals surface area contributed by atoms with Gasteiger partial charge in [-0.1, -0.05) is 18.2 Å². The van der Waals surface area contributed by atoms with Gasteiger partial charge in [-0.25, -0.2) is 0 Å². The summed E-state index contributed by atoms with van der Waals surface area (Å²) >= 11 is 0. The number of fused-ring (bicyclic) bond motifs is 1. The Hall–Kier alpha value is -2.67. The lowest BCUT2D eigenvalue weighted by Crippen LogP contribution is -2.38. The number of aromatic nitrogens is 2. The van der Waals surface area contributed by atoms with E-state index in [4.69, 9.17) is 0 Å². The third kappa shape index (κ3) is 2.70. The molecule has 1 fully saturated rings. The molecule has 2 aliphatic rings. The molecule has 0 spiro atoms. The van der Waals surface area contributed by atoms with Crippen LogP contribution in [0.5, 0.6) is 0 Å². The minimum absolute atomic E-state index is 0.101. The number of aliphatic hydroxyl groups is 1. The van der Waals surface area contributed by atoms with Crippen molar-refractivity contribution in [1.29, 1.82) is 0 Å². The SMILES string of the molecule is Cn1nc(C(=O)NCCC2(O)C(=O)Nc3ccccc32)cc1C1CC1. The molecular formula is C18H20N4O3. The highest BCUT2D eigenvalue weighted by Gasteiger charge is 2.44. The van der Waals surface area contributed by atoms with Gasteiger partial charge in [-0.05, 0) is 25.0 Å². The molecule has 3 N–H and O–H groups in total. The Labute approximate surface area is 145 Å². The van der Waals surface area contributed by atoms with Crippen molar-refractivity contribution in [2.75, 3.05) is 11.9 Å². The van der Waals surface area contributed by atoms with Crippen molar-refractivity contribution in [3.63, 3.8) is 0 Å². The fourth-order valence-corrected chi connectivity index (χ4v) is 3.35. The standard InChI is InChI=1S/C18H20N4O3/c1-22-15(11-6-7-11)10-14(21-22)16(23)19-9-8-18(25)12-4-2-3-5-13(12)20-17(18)24/h2-5,10-11,25H,6-9H2,1H3,(H,19,23)(H,20,24). The van der Waals surface area contributed by atoms with Crippen LogP contribution in [0.4, 0.5) is 5.69 Å². The maximum atomic E-state index is 12.3. The summed E-state index contributed by atoms with van der Waals surface area (Å²) in [4.78, 5) is 24.4. The van der Waals surface area contributed by atoms with Crippen molar-refractivity contribution in [3.05, 3.63) is 47.3 Å². The second-order valence-electron chi connectivity index (χ2n) is 6.72. The van der Waals surface area contributed by atoms with Gasteiger partial charge < -0.3 is 15.7 Å². The molecule has 1 saturated carbocycles. The van der Waals surface area contributed by atoms with Crippen LogP contribution in [0.1, 0.15) is 46.9 Å². The van der Waals surface area contributed by atoms with Crippen molar-refractivity contribution < 1.29 is 14.7 Å². The minimum Gasteiger partial charge on any atom is -0.375 e. The minimum atomic E-state index is -1.62. The molecule has 130 valence electrons. The fourth-order valence-electron chi connectivity index (χ4n) is 3.35. The number of hydrogen-bond acceptors (Lipinski definition) is 4. The third-order valence-electron chi connectivity index (χ3n) is 4.91. The Balaban J connectivity index is 1.41. The van der Waals surface area contributed by atoms with Crippen molar-refractivity contribution >= 4 is 17.5 Å². The van der Waals surface area contributed by atoms with Crippen molar-refractivity contribution in [3.8, 4) is 0 Å². The first-order chi connectivity index (χ1) is 12.0. The number of para-hydroxylation sites is 1. The topological polar surface area (TPSA) is 96.2 Å². The van der Waals surface area contributed by atoms with E-state index in [1.807, 2.05) is 13.1 Å². The quantitative estimate of drug-likeness (QED) is 0.763. The lowest BCUT2D eigenvalue weighted by molar-refractivity contribution is -0.134. The molecule has 0 radical (unpaired) electrons. The number of rotatable bonds is 5. The van der Waals surface area contributed by atoms with Crippen LogP contribution in [0.25, 0.3) is 0 Å². The summed E-state index contributed by atoms with van der Waals surface area (Å²) in [5, 5.41) is 20.4. The number of carbonyl (C=O) groups excluding carboxylic acids is 2. The number of aryl methyl sites for hydroxylation is 1. The molecular weight excluding hydrogens is 320 g/mol. The number of benzene rings is 1. The summed E-state index contributed by atoms with van der Waals surface area (Å²) in [6.45, 7) is 0.173. The highest BCUT2D eigenvalue weighted by Crippen LogP contribution is 2.40. The van der Waals surface area contributed by atoms with Crippen LogP contribution in [-0.2, 0) is 17.4 Å². The average Bonchev–Trinajstić information content (AvgIpc) is 3.31. The first-order valence-corrected chi connectivity index (χ1v) is 8.44. The highest BCUT2D eigenvalue weighted by atomic mass is 16.3.